The van der Waals surface area contributed by atoms with Crippen LogP contribution in [0.5, 0.6) is 5.75 Å². The number of aromatic carboxylic acids is 1. The topological polar surface area (TPSA) is 102 Å². The number of carboxylic acids is 1. The van der Waals surface area contributed by atoms with Crippen molar-refractivity contribution in [3.8, 4) is 17.0 Å². The number of aromatic hydroxyl groups is 1. The molecular weight excluding hydrogens is 246 g/mol. The highest BCUT2D eigenvalue weighted by molar-refractivity contribution is 5.98. The molecule has 0 amide bonds. The molecular formula is C13H11N3O3. The Morgan fingerprint density at radius 2 is 2.11 bits per heavy atom. The van der Waals surface area contributed by atoms with Gasteiger partial charge in [0.15, 0.2) is 0 Å². The molecule has 0 saturated carbocycles. The van der Waals surface area contributed by atoms with E-state index in [1.54, 1.807) is 18.2 Å². The summed E-state index contributed by atoms with van der Waals surface area (Å²) in [4.78, 5) is 14.0. The SMILES string of the molecule is Cc1[nH]c2ccc(O)cc2c1-c1cc(C(=O)O)[nH]n1. The maximum atomic E-state index is 10.9. The van der Waals surface area contributed by atoms with E-state index in [1.165, 1.54) is 6.07 Å². The Hall–Kier alpha value is -2.76. The zero-order valence-electron chi connectivity index (χ0n) is 10.1. The van der Waals surface area contributed by atoms with Crippen molar-refractivity contribution in [2.45, 2.75) is 6.92 Å². The van der Waals surface area contributed by atoms with E-state index in [9.17, 15) is 9.90 Å². The van der Waals surface area contributed by atoms with Gasteiger partial charge < -0.3 is 15.2 Å². The van der Waals surface area contributed by atoms with Crippen LogP contribution >= 0.6 is 0 Å². The largest absolute Gasteiger partial charge is 0.508 e. The van der Waals surface area contributed by atoms with E-state index in [1.807, 2.05) is 6.92 Å². The number of carbonyl (C=O) groups is 1. The Morgan fingerprint density at radius 3 is 2.79 bits per heavy atom. The Morgan fingerprint density at radius 1 is 1.32 bits per heavy atom. The third-order valence-electron chi connectivity index (χ3n) is 3.03. The first-order valence-corrected chi connectivity index (χ1v) is 5.66. The molecule has 3 rings (SSSR count). The lowest BCUT2D eigenvalue weighted by molar-refractivity contribution is 0.0690. The molecule has 4 N–H and O–H groups in total. The van der Waals surface area contributed by atoms with Crippen molar-refractivity contribution in [1.29, 1.82) is 0 Å². The zero-order chi connectivity index (χ0) is 13.6. The third kappa shape index (κ3) is 1.74. The van der Waals surface area contributed by atoms with Crippen LogP contribution in [0.1, 0.15) is 16.2 Å². The number of aromatic nitrogens is 3. The first kappa shape index (κ1) is 11.3. The molecule has 6 heteroatoms. The van der Waals surface area contributed by atoms with Crippen molar-refractivity contribution in [3.05, 3.63) is 35.7 Å². The smallest absolute Gasteiger partial charge is 0.353 e. The number of hydrogen-bond acceptors (Lipinski definition) is 3. The zero-order valence-corrected chi connectivity index (χ0v) is 10.1. The number of phenolic OH excluding ortho intramolecular Hbond substituents is 1. The van der Waals surface area contributed by atoms with Crippen molar-refractivity contribution >= 4 is 16.9 Å². The molecule has 6 nitrogen and oxygen atoms in total. The lowest BCUT2D eigenvalue weighted by Crippen LogP contribution is -1.95. The van der Waals surface area contributed by atoms with Gasteiger partial charge in [0.25, 0.3) is 0 Å². The van der Waals surface area contributed by atoms with Crippen LogP contribution in [0.3, 0.4) is 0 Å². The summed E-state index contributed by atoms with van der Waals surface area (Å²) in [5.41, 5.74) is 3.08. The number of nitrogens with one attached hydrogen (secondary N) is 2. The first-order chi connectivity index (χ1) is 9.06. The lowest BCUT2D eigenvalue weighted by atomic mass is 10.1. The van der Waals surface area contributed by atoms with Gasteiger partial charge in [-0.05, 0) is 31.2 Å². The Labute approximate surface area is 107 Å². The number of carboxylic acid groups (broad SMARTS) is 1. The molecule has 0 atom stereocenters. The minimum Gasteiger partial charge on any atom is -0.508 e. The maximum absolute atomic E-state index is 10.9. The van der Waals surface area contributed by atoms with Gasteiger partial charge >= 0.3 is 5.97 Å². The van der Waals surface area contributed by atoms with E-state index < -0.39 is 5.97 Å². The molecule has 19 heavy (non-hydrogen) atoms. The van der Waals surface area contributed by atoms with E-state index in [2.05, 4.69) is 15.2 Å². The van der Waals surface area contributed by atoms with Gasteiger partial charge in [-0.15, -0.1) is 0 Å². The third-order valence-corrected chi connectivity index (χ3v) is 3.03. The number of aryl methyl sites for hydroxylation is 1. The Kier molecular flexibility index (Phi) is 2.31. The van der Waals surface area contributed by atoms with Crippen molar-refractivity contribution < 1.29 is 15.0 Å². The highest BCUT2D eigenvalue weighted by Crippen LogP contribution is 2.33. The van der Waals surface area contributed by atoms with Crippen molar-refractivity contribution in [2.75, 3.05) is 0 Å². The molecule has 0 fully saturated rings. The molecule has 0 aliphatic rings. The van der Waals surface area contributed by atoms with Gasteiger partial charge in [0.1, 0.15) is 11.4 Å². The standard InChI is InChI=1S/C13H11N3O3/c1-6-12(10-5-11(13(18)19)16-15-10)8-4-7(17)2-3-9(8)14-6/h2-5,14,17H,1H3,(H,15,16)(H,18,19). The number of aromatic amines is 2. The van der Waals surface area contributed by atoms with Crippen molar-refractivity contribution in [2.24, 2.45) is 0 Å². The quantitative estimate of drug-likeness (QED) is 0.565. The summed E-state index contributed by atoms with van der Waals surface area (Å²) in [6.07, 6.45) is 0. The van der Waals surface area contributed by atoms with Crippen LogP contribution in [0.4, 0.5) is 0 Å². The second-order valence-corrected chi connectivity index (χ2v) is 4.33. The average molecular weight is 257 g/mol. The van der Waals surface area contributed by atoms with Gasteiger partial charge in [0.05, 0.1) is 5.69 Å². The monoisotopic (exact) mass is 257 g/mol. The number of H-pyrrole nitrogens is 2. The minimum absolute atomic E-state index is 0.0314. The highest BCUT2D eigenvalue weighted by Gasteiger charge is 2.16. The van der Waals surface area contributed by atoms with Crippen LogP contribution in [0.15, 0.2) is 24.3 Å². The molecule has 2 aromatic heterocycles. The van der Waals surface area contributed by atoms with Crippen LogP contribution in [0, 0.1) is 6.92 Å². The summed E-state index contributed by atoms with van der Waals surface area (Å²) in [7, 11) is 0. The minimum atomic E-state index is -1.06. The summed E-state index contributed by atoms with van der Waals surface area (Å²) < 4.78 is 0. The summed E-state index contributed by atoms with van der Waals surface area (Å²) in [5, 5.41) is 25.8. The number of fused-ring (bicyclic) bond motifs is 1. The van der Waals surface area contributed by atoms with E-state index in [0.29, 0.717) is 5.69 Å². The maximum Gasteiger partial charge on any atom is 0.353 e. The predicted molar refractivity (Wildman–Crippen MR) is 69.2 cm³/mol. The summed E-state index contributed by atoms with van der Waals surface area (Å²) >= 11 is 0. The van der Waals surface area contributed by atoms with Gasteiger partial charge in [-0.2, -0.15) is 5.10 Å². The number of benzene rings is 1. The van der Waals surface area contributed by atoms with Gasteiger partial charge in [0.2, 0.25) is 0 Å². The van der Waals surface area contributed by atoms with E-state index >= 15 is 0 Å². The molecule has 3 aromatic rings. The fraction of sp³-hybridized carbons (Fsp3) is 0.0769. The molecule has 96 valence electrons. The molecule has 0 aliphatic heterocycles. The van der Waals surface area contributed by atoms with Crippen LogP contribution in [-0.2, 0) is 0 Å². The molecule has 0 radical (unpaired) electrons. The summed E-state index contributed by atoms with van der Waals surface area (Å²) in [5.74, 6) is -0.902. The molecule has 0 unspecified atom stereocenters. The predicted octanol–water partition coefficient (Wildman–Crippen LogP) is 2.27. The number of hydrogen-bond donors (Lipinski definition) is 4. The lowest BCUT2D eigenvalue weighted by Gasteiger charge is -1.96. The molecule has 0 saturated heterocycles. The normalized spacial score (nSPS) is 11.0. The second-order valence-electron chi connectivity index (χ2n) is 4.33. The molecule has 1 aromatic carbocycles. The van der Waals surface area contributed by atoms with Crippen LogP contribution in [0.25, 0.3) is 22.2 Å². The Balaban J connectivity index is 2.25. The van der Waals surface area contributed by atoms with Crippen LogP contribution in [-0.4, -0.2) is 31.4 Å². The van der Waals surface area contributed by atoms with Gasteiger partial charge in [-0.3, -0.25) is 5.10 Å². The fourth-order valence-corrected chi connectivity index (χ4v) is 2.20. The van der Waals surface area contributed by atoms with Crippen molar-refractivity contribution in [3.63, 3.8) is 0 Å². The summed E-state index contributed by atoms with van der Waals surface area (Å²) in [6.45, 7) is 1.88. The van der Waals surface area contributed by atoms with Crippen LogP contribution in [0.2, 0.25) is 0 Å². The highest BCUT2D eigenvalue weighted by atomic mass is 16.4. The number of rotatable bonds is 2. The number of nitrogens with zero attached hydrogens (tertiary/aromatic N) is 1. The van der Waals surface area contributed by atoms with Crippen molar-refractivity contribution in [1.82, 2.24) is 15.2 Å². The fourth-order valence-electron chi connectivity index (χ4n) is 2.20. The second kappa shape index (κ2) is 3.88. The Bertz CT molecular complexity index is 786. The van der Waals surface area contributed by atoms with E-state index in [0.717, 1.165) is 22.2 Å². The summed E-state index contributed by atoms with van der Waals surface area (Å²) in [6, 6.07) is 6.46. The van der Waals surface area contributed by atoms with E-state index in [-0.39, 0.29) is 11.4 Å². The van der Waals surface area contributed by atoms with Gasteiger partial charge in [-0.25, -0.2) is 4.79 Å². The first-order valence-electron chi connectivity index (χ1n) is 5.66. The van der Waals surface area contributed by atoms with Gasteiger partial charge in [-0.1, -0.05) is 0 Å². The molecule has 0 aliphatic carbocycles. The molecule has 0 bridgehead atoms. The van der Waals surface area contributed by atoms with Crippen LogP contribution < -0.4 is 0 Å². The number of phenols is 1. The average Bonchev–Trinajstić information content (AvgIpc) is 2.92. The molecule has 0 spiro atoms. The van der Waals surface area contributed by atoms with Gasteiger partial charge in [0, 0.05) is 22.2 Å². The molecule has 2 heterocycles. The van der Waals surface area contributed by atoms with E-state index in [4.69, 9.17) is 5.11 Å².